The molecule has 2 N–H and O–H groups in total. The molecule has 0 bridgehead atoms. The zero-order valence-electron chi connectivity index (χ0n) is 5.84. The molecular weight excluding hydrogens is 191 g/mol. The van der Waals surface area contributed by atoms with Crippen molar-refractivity contribution in [2.45, 2.75) is 4.99 Å². The quantitative estimate of drug-likeness (QED) is 0.483. The van der Waals surface area contributed by atoms with Gasteiger partial charge in [-0.3, -0.25) is 4.57 Å². The van der Waals surface area contributed by atoms with Gasteiger partial charge < -0.3 is 9.79 Å². The van der Waals surface area contributed by atoms with Crippen LogP contribution >= 0.6 is 7.60 Å². The number of hydrogen-bond acceptors (Lipinski definition) is 3. The SMILES string of the molecule is C=CC(P(=O)(O)O)S(C)(=O)=O. The Morgan fingerprint density at radius 2 is 1.91 bits per heavy atom. The van der Waals surface area contributed by atoms with E-state index < -0.39 is 22.4 Å². The van der Waals surface area contributed by atoms with Gasteiger partial charge in [-0.2, -0.15) is 0 Å². The molecule has 0 spiro atoms. The van der Waals surface area contributed by atoms with Crippen molar-refractivity contribution in [1.29, 1.82) is 0 Å². The van der Waals surface area contributed by atoms with Crippen LogP contribution in [0.4, 0.5) is 0 Å². The van der Waals surface area contributed by atoms with Crippen molar-refractivity contribution >= 4 is 17.4 Å². The molecule has 66 valence electrons. The lowest BCUT2D eigenvalue weighted by atomic mass is 10.8. The maximum Gasteiger partial charge on any atom is 0.347 e. The fourth-order valence-electron chi connectivity index (χ4n) is 0.562. The van der Waals surface area contributed by atoms with Gasteiger partial charge in [-0.25, -0.2) is 8.42 Å². The molecule has 0 aliphatic rings. The van der Waals surface area contributed by atoms with Crippen molar-refractivity contribution < 1.29 is 22.8 Å². The molecule has 0 aliphatic heterocycles. The predicted molar refractivity (Wildman–Crippen MR) is 40.9 cm³/mol. The highest BCUT2D eigenvalue weighted by Crippen LogP contribution is 2.44. The van der Waals surface area contributed by atoms with Crippen LogP contribution in [0, 0.1) is 0 Å². The predicted octanol–water partition coefficient (Wildman–Crippen LogP) is -0.279. The van der Waals surface area contributed by atoms with Crippen molar-refractivity contribution in [3.8, 4) is 0 Å². The molecule has 1 unspecified atom stereocenters. The molecule has 0 aromatic carbocycles. The van der Waals surface area contributed by atoms with Crippen LogP contribution in [-0.4, -0.2) is 29.5 Å². The Kier molecular flexibility index (Phi) is 3.02. The molecule has 0 fully saturated rings. The Morgan fingerprint density at radius 3 is 1.91 bits per heavy atom. The maximum absolute atomic E-state index is 10.6. The van der Waals surface area contributed by atoms with Crippen molar-refractivity contribution in [2.75, 3.05) is 6.26 Å². The van der Waals surface area contributed by atoms with Gasteiger partial charge in [0.25, 0.3) is 0 Å². The fourth-order valence-corrected chi connectivity index (χ4v) is 3.18. The van der Waals surface area contributed by atoms with E-state index in [0.717, 1.165) is 12.3 Å². The standard InChI is InChI=1S/C4H9O5PS/c1-3-4(10(5,6)7)11(2,8)9/h3-4H,1H2,2H3,(H2,5,6,7). The van der Waals surface area contributed by atoms with Crippen LogP contribution in [0.1, 0.15) is 0 Å². The van der Waals surface area contributed by atoms with Gasteiger partial charge in [-0.1, -0.05) is 6.08 Å². The summed E-state index contributed by atoms with van der Waals surface area (Å²) >= 11 is 0. The minimum atomic E-state index is -4.60. The fraction of sp³-hybridized carbons (Fsp3) is 0.500. The van der Waals surface area contributed by atoms with Gasteiger partial charge in [-0.15, -0.1) is 6.58 Å². The minimum absolute atomic E-state index is 0.732. The number of rotatable bonds is 3. The van der Waals surface area contributed by atoms with Crippen LogP contribution in [-0.2, 0) is 14.4 Å². The highest BCUT2D eigenvalue weighted by atomic mass is 32.2. The second-order valence-electron chi connectivity index (χ2n) is 2.04. The molecule has 11 heavy (non-hydrogen) atoms. The minimum Gasteiger partial charge on any atom is -0.323 e. The van der Waals surface area contributed by atoms with E-state index in [2.05, 4.69) is 6.58 Å². The largest absolute Gasteiger partial charge is 0.347 e. The molecule has 5 nitrogen and oxygen atoms in total. The normalized spacial score (nSPS) is 15.9. The van der Waals surface area contributed by atoms with Gasteiger partial charge in [-0.05, 0) is 0 Å². The van der Waals surface area contributed by atoms with Crippen LogP contribution in [0.15, 0.2) is 12.7 Å². The first-order valence-corrected chi connectivity index (χ1v) is 6.20. The molecule has 0 saturated carbocycles. The molecule has 7 heteroatoms. The van der Waals surface area contributed by atoms with Gasteiger partial charge in [0.1, 0.15) is 0 Å². The summed E-state index contributed by atoms with van der Waals surface area (Å²) in [5, 5.41) is 0. The van der Waals surface area contributed by atoms with Crippen molar-refractivity contribution in [3.63, 3.8) is 0 Å². The van der Waals surface area contributed by atoms with E-state index in [0.29, 0.717) is 0 Å². The second kappa shape index (κ2) is 3.06. The zero-order chi connectivity index (χ0) is 9.28. The lowest BCUT2D eigenvalue weighted by molar-refractivity contribution is 0.373. The summed E-state index contributed by atoms with van der Waals surface area (Å²) in [7, 11) is -8.36. The Labute approximate surface area is 64.8 Å². The average molecular weight is 200 g/mol. The lowest BCUT2D eigenvalue weighted by Gasteiger charge is -2.10. The topological polar surface area (TPSA) is 91.7 Å². The summed E-state index contributed by atoms with van der Waals surface area (Å²) in [6.07, 6.45) is 1.48. The van der Waals surface area contributed by atoms with Gasteiger partial charge in [0, 0.05) is 6.26 Å². The smallest absolute Gasteiger partial charge is 0.323 e. The molecule has 0 rings (SSSR count). The zero-order valence-corrected chi connectivity index (χ0v) is 7.55. The third kappa shape index (κ3) is 3.16. The van der Waals surface area contributed by atoms with Crippen LogP contribution in [0.3, 0.4) is 0 Å². The van der Waals surface area contributed by atoms with Crippen LogP contribution in [0.5, 0.6) is 0 Å². The Hall–Kier alpha value is -0.160. The van der Waals surface area contributed by atoms with Crippen molar-refractivity contribution in [2.24, 2.45) is 0 Å². The first-order valence-electron chi connectivity index (χ1n) is 2.56. The van der Waals surface area contributed by atoms with Gasteiger partial charge in [0.05, 0.1) is 0 Å². The summed E-state index contributed by atoms with van der Waals surface area (Å²) in [4.78, 5) is 15.2. The molecule has 0 amide bonds. The third-order valence-corrected chi connectivity index (χ3v) is 4.89. The van der Waals surface area contributed by atoms with Crippen LogP contribution in [0.25, 0.3) is 0 Å². The molecule has 0 saturated heterocycles. The lowest BCUT2D eigenvalue weighted by Crippen LogP contribution is -2.16. The van der Waals surface area contributed by atoms with Crippen molar-refractivity contribution in [1.82, 2.24) is 0 Å². The summed E-state index contributed by atoms with van der Waals surface area (Å²) in [5.41, 5.74) is 0. The summed E-state index contributed by atoms with van der Waals surface area (Å²) in [6, 6.07) is 0. The molecule has 0 aliphatic carbocycles. The highest BCUT2D eigenvalue weighted by Gasteiger charge is 2.34. The molecule has 1 atom stereocenters. The highest BCUT2D eigenvalue weighted by molar-refractivity contribution is 7.98. The Bertz CT molecular complexity index is 286. The van der Waals surface area contributed by atoms with E-state index in [1.165, 1.54) is 0 Å². The summed E-state index contributed by atoms with van der Waals surface area (Å²) in [5.74, 6) is 0. The van der Waals surface area contributed by atoms with Crippen molar-refractivity contribution in [3.05, 3.63) is 12.7 Å². The molecule has 0 aromatic heterocycles. The summed E-state index contributed by atoms with van der Waals surface area (Å²) < 4.78 is 31.7. The van der Waals surface area contributed by atoms with E-state index in [4.69, 9.17) is 9.79 Å². The maximum atomic E-state index is 10.6. The molecular formula is C4H9O5PS. The second-order valence-corrected chi connectivity index (χ2v) is 6.30. The Morgan fingerprint density at radius 1 is 1.55 bits per heavy atom. The molecule has 0 heterocycles. The van der Waals surface area contributed by atoms with E-state index in [-0.39, 0.29) is 0 Å². The number of hydrogen-bond donors (Lipinski definition) is 2. The van der Waals surface area contributed by atoms with Gasteiger partial charge >= 0.3 is 7.60 Å². The number of sulfone groups is 1. The molecule has 0 aromatic rings. The van der Waals surface area contributed by atoms with Crippen LogP contribution in [0.2, 0.25) is 0 Å². The van der Waals surface area contributed by atoms with Crippen LogP contribution < -0.4 is 0 Å². The van der Waals surface area contributed by atoms with E-state index >= 15 is 0 Å². The van der Waals surface area contributed by atoms with Gasteiger partial charge in [0.15, 0.2) is 14.8 Å². The third-order valence-electron chi connectivity index (χ3n) is 0.972. The first-order chi connectivity index (χ1) is 4.69. The first kappa shape index (κ1) is 10.8. The average Bonchev–Trinajstić information content (AvgIpc) is 1.56. The van der Waals surface area contributed by atoms with Gasteiger partial charge in [0.2, 0.25) is 0 Å². The van der Waals surface area contributed by atoms with E-state index in [1.54, 1.807) is 0 Å². The molecule has 0 radical (unpaired) electrons. The van der Waals surface area contributed by atoms with E-state index in [9.17, 15) is 13.0 Å². The Balaban J connectivity index is 5.03. The monoisotopic (exact) mass is 200 g/mol. The summed E-state index contributed by atoms with van der Waals surface area (Å²) in [6.45, 7) is 3.02. The van der Waals surface area contributed by atoms with E-state index in [1.807, 2.05) is 0 Å².